The first-order chi connectivity index (χ1) is 9.86. The Balaban J connectivity index is 2.24. The summed E-state index contributed by atoms with van der Waals surface area (Å²) in [5.74, 6) is -0.479. The molecule has 1 saturated heterocycles. The van der Waals surface area contributed by atoms with Gasteiger partial charge < -0.3 is 10.1 Å². The molecule has 0 bridgehead atoms. The molecule has 0 spiro atoms. The SMILES string of the molecule is CCC1(C(=O)c2cccc(OC(F)(F)F)c2)CCCNC1. The van der Waals surface area contributed by atoms with Crippen molar-refractivity contribution in [3.63, 3.8) is 0 Å². The Bertz CT molecular complexity index is 508. The Morgan fingerprint density at radius 3 is 2.76 bits per heavy atom. The van der Waals surface area contributed by atoms with Crippen molar-refractivity contribution in [2.75, 3.05) is 13.1 Å². The van der Waals surface area contributed by atoms with Crippen molar-refractivity contribution < 1.29 is 22.7 Å². The molecule has 21 heavy (non-hydrogen) atoms. The number of Topliss-reactive ketones (excluding diaryl/α,β-unsaturated/α-hetero) is 1. The average molecular weight is 301 g/mol. The number of hydrogen-bond acceptors (Lipinski definition) is 3. The number of hydrogen-bond donors (Lipinski definition) is 1. The van der Waals surface area contributed by atoms with Crippen LogP contribution >= 0.6 is 0 Å². The monoisotopic (exact) mass is 301 g/mol. The van der Waals surface area contributed by atoms with Gasteiger partial charge in [-0.05, 0) is 37.9 Å². The smallest absolute Gasteiger partial charge is 0.406 e. The molecule has 1 aliphatic rings. The Morgan fingerprint density at radius 1 is 1.43 bits per heavy atom. The predicted molar refractivity (Wildman–Crippen MR) is 72.3 cm³/mol. The second kappa shape index (κ2) is 6.05. The van der Waals surface area contributed by atoms with Crippen LogP contribution in [-0.4, -0.2) is 25.2 Å². The fraction of sp³-hybridized carbons (Fsp3) is 0.533. The maximum Gasteiger partial charge on any atom is 0.573 e. The highest BCUT2D eigenvalue weighted by molar-refractivity contribution is 6.01. The summed E-state index contributed by atoms with van der Waals surface area (Å²) in [5, 5.41) is 3.20. The lowest BCUT2D eigenvalue weighted by Gasteiger charge is -2.35. The van der Waals surface area contributed by atoms with Crippen LogP contribution in [0.25, 0.3) is 0 Å². The Hall–Kier alpha value is -1.56. The van der Waals surface area contributed by atoms with Gasteiger partial charge in [-0.3, -0.25) is 4.79 Å². The van der Waals surface area contributed by atoms with Crippen molar-refractivity contribution >= 4 is 5.78 Å². The largest absolute Gasteiger partial charge is 0.573 e. The van der Waals surface area contributed by atoms with Crippen LogP contribution in [0.4, 0.5) is 13.2 Å². The molecule has 1 fully saturated rings. The van der Waals surface area contributed by atoms with Crippen LogP contribution in [-0.2, 0) is 0 Å². The van der Waals surface area contributed by atoms with Crippen LogP contribution in [0.5, 0.6) is 5.75 Å². The van der Waals surface area contributed by atoms with E-state index >= 15 is 0 Å². The van der Waals surface area contributed by atoms with E-state index in [0.29, 0.717) is 13.0 Å². The molecule has 0 amide bonds. The summed E-state index contributed by atoms with van der Waals surface area (Å²) in [5.41, 5.74) is -0.267. The van der Waals surface area contributed by atoms with Gasteiger partial charge in [0.1, 0.15) is 5.75 Å². The van der Waals surface area contributed by atoms with Gasteiger partial charge >= 0.3 is 6.36 Å². The first-order valence-corrected chi connectivity index (χ1v) is 6.98. The molecular weight excluding hydrogens is 283 g/mol. The van der Waals surface area contributed by atoms with E-state index in [0.717, 1.165) is 19.4 Å². The third-order valence-corrected chi connectivity index (χ3v) is 3.96. The van der Waals surface area contributed by atoms with Crippen LogP contribution in [0.2, 0.25) is 0 Å². The molecule has 6 heteroatoms. The molecule has 1 unspecified atom stereocenters. The lowest BCUT2D eigenvalue weighted by atomic mass is 9.73. The second-order valence-electron chi connectivity index (χ2n) is 5.32. The number of ketones is 1. The van der Waals surface area contributed by atoms with E-state index in [1.165, 1.54) is 24.3 Å². The van der Waals surface area contributed by atoms with E-state index in [4.69, 9.17) is 0 Å². The lowest BCUT2D eigenvalue weighted by molar-refractivity contribution is -0.274. The van der Waals surface area contributed by atoms with E-state index in [-0.39, 0.29) is 17.1 Å². The third kappa shape index (κ3) is 3.75. The van der Waals surface area contributed by atoms with Crippen molar-refractivity contribution in [3.05, 3.63) is 29.8 Å². The minimum atomic E-state index is -4.75. The van der Waals surface area contributed by atoms with Crippen molar-refractivity contribution in [1.82, 2.24) is 5.32 Å². The standard InChI is InChI=1S/C15H18F3NO2/c1-2-14(7-4-8-19-10-14)13(20)11-5-3-6-12(9-11)21-15(16,17)18/h3,5-6,9,19H,2,4,7-8,10H2,1H3. The van der Waals surface area contributed by atoms with Gasteiger partial charge in [0.05, 0.1) is 0 Å². The molecule has 1 atom stereocenters. The van der Waals surface area contributed by atoms with Gasteiger partial charge in [-0.25, -0.2) is 0 Å². The van der Waals surface area contributed by atoms with Gasteiger partial charge in [-0.2, -0.15) is 0 Å². The van der Waals surface area contributed by atoms with Crippen molar-refractivity contribution in [3.8, 4) is 5.75 Å². The molecule has 3 nitrogen and oxygen atoms in total. The zero-order chi connectivity index (χ0) is 15.5. The zero-order valence-corrected chi connectivity index (χ0v) is 11.8. The molecule has 1 N–H and O–H groups in total. The number of carbonyl (C=O) groups is 1. The van der Waals surface area contributed by atoms with Crippen molar-refractivity contribution in [2.45, 2.75) is 32.5 Å². The maximum atomic E-state index is 12.7. The number of nitrogens with one attached hydrogen (secondary N) is 1. The molecule has 0 aliphatic carbocycles. The van der Waals surface area contributed by atoms with Crippen molar-refractivity contribution in [2.24, 2.45) is 5.41 Å². The van der Waals surface area contributed by atoms with Crippen LogP contribution in [0.3, 0.4) is 0 Å². The highest BCUT2D eigenvalue weighted by Gasteiger charge is 2.38. The molecule has 2 rings (SSSR count). The van der Waals surface area contributed by atoms with Crippen molar-refractivity contribution in [1.29, 1.82) is 0 Å². The summed E-state index contributed by atoms with van der Waals surface area (Å²) in [4.78, 5) is 12.7. The van der Waals surface area contributed by atoms with Crippen LogP contribution in [0.15, 0.2) is 24.3 Å². The minimum absolute atomic E-state index is 0.121. The Labute approximate surface area is 121 Å². The van der Waals surface area contributed by atoms with E-state index in [1.807, 2.05) is 6.92 Å². The Kier molecular flexibility index (Phi) is 4.56. The average Bonchev–Trinajstić information content (AvgIpc) is 2.45. The van der Waals surface area contributed by atoms with Gasteiger partial charge in [0, 0.05) is 17.5 Å². The molecule has 1 aromatic rings. The number of carbonyl (C=O) groups excluding carboxylic acids is 1. The van der Waals surface area contributed by atoms with E-state index in [1.54, 1.807) is 0 Å². The highest BCUT2D eigenvalue weighted by atomic mass is 19.4. The molecule has 1 aliphatic heterocycles. The highest BCUT2D eigenvalue weighted by Crippen LogP contribution is 2.35. The molecule has 1 aromatic carbocycles. The summed E-state index contributed by atoms with van der Waals surface area (Å²) in [6.07, 6.45) is -2.46. The number of piperidine rings is 1. The summed E-state index contributed by atoms with van der Waals surface area (Å²) < 4.78 is 40.6. The molecule has 1 heterocycles. The van der Waals surface area contributed by atoms with E-state index < -0.39 is 11.8 Å². The van der Waals surface area contributed by atoms with E-state index in [9.17, 15) is 18.0 Å². The fourth-order valence-electron chi connectivity index (χ4n) is 2.76. The van der Waals surface area contributed by atoms with Crippen LogP contribution < -0.4 is 10.1 Å². The Morgan fingerprint density at radius 2 is 2.19 bits per heavy atom. The van der Waals surface area contributed by atoms with E-state index in [2.05, 4.69) is 10.1 Å². The number of alkyl halides is 3. The number of halogens is 3. The number of benzene rings is 1. The van der Waals surface area contributed by atoms with Gasteiger partial charge in [0.2, 0.25) is 0 Å². The predicted octanol–water partition coefficient (Wildman–Crippen LogP) is 3.55. The normalized spacial score (nSPS) is 22.9. The second-order valence-corrected chi connectivity index (χ2v) is 5.32. The fourth-order valence-corrected chi connectivity index (χ4v) is 2.76. The molecule has 0 aromatic heterocycles. The third-order valence-electron chi connectivity index (χ3n) is 3.96. The van der Waals surface area contributed by atoms with Gasteiger partial charge in [0.15, 0.2) is 5.78 Å². The lowest BCUT2D eigenvalue weighted by Crippen LogP contribution is -2.45. The topological polar surface area (TPSA) is 38.3 Å². The first kappa shape index (κ1) is 15.8. The van der Waals surface area contributed by atoms with Crippen LogP contribution in [0.1, 0.15) is 36.5 Å². The summed E-state index contributed by atoms with van der Waals surface area (Å²) >= 11 is 0. The minimum Gasteiger partial charge on any atom is -0.406 e. The summed E-state index contributed by atoms with van der Waals surface area (Å²) in [6.45, 7) is 3.36. The molecule has 116 valence electrons. The summed E-state index contributed by atoms with van der Waals surface area (Å²) in [6, 6.07) is 5.31. The molecular formula is C15H18F3NO2. The maximum absolute atomic E-state index is 12.7. The van der Waals surface area contributed by atoms with Gasteiger partial charge in [-0.15, -0.1) is 13.2 Å². The number of rotatable bonds is 4. The van der Waals surface area contributed by atoms with Gasteiger partial charge in [0.25, 0.3) is 0 Å². The zero-order valence-electron chi connectivity index (χ0n) is 11.8. The first-order valence-electron chi connectivity index (χ1n) is 6.98. The number of ether oxygens (including phenoxy) is 1. The molecule has 0 saturated carbocycles. The summed E-state index contributed by atoms with van der Waals surface area (Å²) in [7, 11) is 0. The van der Waals surface area contributed by atoms with Gasteiger partial charge in [-0.1, -0.05) is 19.1 Å². The quantitative estimate of drug-likeness (QED) is 0.864. The van der Waals surface area contributed by atoms with Crippen LogP contribution in [0, 0.1) is 5.41 Å². The molecule has 0 radical (unpaired) electrons.